The minimum absolute atomic E-state index is 0.139. The first-order valence-electron chi connectivity index (χ1n) is 9.18. The summed E-state index contributed by atoms with van der Waals surface area (Å²) in [7, 11) is 0. The van der Waals surface area contributed by atoms with Crippen molar-refractivity contribution in [1.82, 2.24) is 14.9 Å². The van der Waals surface area contributed by atoms with Crippen molar-refractivity contribution in [2.75, 3.05) is 12.0 Å². The minimum Gasteiger partial charge on any atom is -0.370 e. The van der Waals surface area contributed by atoms with E-state index in [-0.39, 0.29) is 24.3 Å². The van der Waals surface area contributed by atoms with Crippen LogP contribution in [0.4, 0.5) is 0 Å². The third kappa shape index (κ3) is 4.72. The number of hydrogen-bond acceptors (Lipinski definition) is 4. The number of amides is 2. The summed E-state index contributed by atoms with van der Waals surface area (Å²) in [5.41, 5.74) is 7.75. The van der Waals surface area contributed by atoms with Crippen LogP contribution in [0.15, 0.2) is 54.6 Å². The fourth-order valence-corrected chi connectivity index (χ4v) is 3.62. The number of rotatable bonds is 9. The number of benzene rings is 2. The normalized spacial score (nSPS) is 12.0. The second kappa shape index (κ2) is 9.41. The third-order valence-corrected chi connectivity index (χ3v) is 5.17. The molecule has 3 aromatic rings. The van der Waals surface area contributed by atoms with E-state index >= 15 is 0 Å². The first kappa shape index (κ1) is 19.9. The molecule has 0 spiro atoms. The van der Waals surface area contributed by atoms with Crippen LogP contribution in [0.1, 0.15) is 35.1 Å². The van der Waals surface area contributed by atoms with Crippen LogP contribution in [-0.2, 0) is 11.3 Å². The molecule has 1 heterocycles. The van der Waals surface area contributed by atoms with Crippen molar-refractivity contribution in [3.8, 4) is 0 Å². The highest BCUT2D eigenvalue weighted by Crippen LogP contribution is 2.25. The Morgan fingerprint density at radius 3 is 2.57 bits per heavy atom. The van der Waals surface area contributed by atoms with Crippen molar-refractivity contribution in [3.05, 3.63) is 66.0 Å². The Bertz CT molecular complexity index is 955. The van der Waals surface area contributed by atoms with Gasteiger partial charge in [0.1, 0.15) is 5.82 Å². The second-order valence-electron chi connectivity index (χ2n) is 6.50. The van der Waals surface area contributed by atoms with Gasteiger partial charge in [-0.2, -0.15) is 11.8 Å². The van der Waals surface area contributed by atoms with Gasteiger partial charge in [0.25, 0.3) is 5.91 Å². The van der Waals surface area contributed by atoms with Crippen LogP contribution < -0.4 is 11.1 Å². The van der Waals surface area contributed by atoms with Crippen LogP contribution in [0.5, 0.6) is 0 Å². The summed E-state index contributed by atoms with van der Waals surface area (Å²) in [6.45, 7) is 0.433. The number of nitrogens with two attached hydrogens (primary N) is 1. The first-order valence-corrected chi connectivity index (χ1v) is 10.6. The predicted molar refractivity (Wildman–Crippen MR) is 113 cm³/mol. The average Bonchev–Trinajstić information content (AvgIpc) is 3.08. The summed E-state index contributed by atoms with van der Waals surface area (Å²) in [5.74, 6) is 1.12. The van der Waals surface area contributed by atoms with Crippen molar-refractivity contribution in [2.45, 2.75) is 25.4 Å². The SMILES string of the molecule is CSCC[C@@H](NC(=O)c1ccccc1)c1nc2ccccc2n1CCC(N)=O. The quantitative estimate of drug-likeness (QED) is 0.581. The molecule has 28 heavy (non-hydrogen) atoms. The summed E-state index contributed by atoms with van der Waals surface area (Å²) in [5, 5.41) is 3.12. The number of para-hydroxylation sites is 2. The van der Waals surface area contributed by atoms with E-state index in [1.165, 1.54) is 0 Å². The number of carbonyl (C=O) groups excluding carboxylic acids is 2. The van der Waals surface area contributed by atoms with Gasteiger partial charge in [0.2, 0.25) is 5.91 Å². The van der Waals surface area contributed by atoms with Crippen molar-refractivity contribution >= 4 is 34.6 Å². The molecule has 0 saturated carbocycles. The summed E-state index contributed by atoms with van der Waals surface area (Å²) in [6.07, 6.45) is 2.99. The van der Waals surface area contributed by atoms with Crippen LogP contribution in [-0.4, -0.2) is 33.4 Å². The summed E-state index contributed by atoms with van der Waals surface area (Å²) in [4.78, 5) is 28.9. The number of aromatic nitrogens is 2. The molecule has 146 valence electrons. The number of carbonyl (C=O) groups is 2. The Labute approximate surface area is 168 Å². The van der Waals surface area contributed by atoms with Crippen LogP contribution in [0.2, 0.25) is 0 Å². The molecule has 0 fully saturated rings. The van der Waals surface area contributed by atoms with Crippen molar-refractivity contribution < 1.29 is 9.59 Å². The van der Waals surface area contributed by atoms with Gasteiger partial charge < -0.3 is 15.6 Å². The number of aryl methyl sites for hydroxylation is 1. The Morgan fingerprint density at radius 1 is 1.14 bits per heavy atom. The lowest BCUT2D eigenvalue weighted by Gasteiger charge is -2.20. The van der Waals surface area contributed by atoms with E-state index in [1.54, 1.807) is 23.9 Å². The van der Waals surface area contributed by atoms with Gasteiger partial charge in [-0.05, 0) is 42.7 Å². The fraction of sp³-hybridized carbons (Fsp3) is 0.286. The van der Waals surface area contributed by atoms with E-state index in [4.69, 9.17) is 10.7 Å². The molecule has 2 aromatic carbocycles. The second-order valence-corrected chi connectivity index (χ2v) is 7.49. The molecule has 1 atom stereocenters. The number of nitrogens with zero attached hydrogens (tertiary/aromatic N) is 2. The highest BCUT2D eigenvalue weighted by atomic mass is 32.2. The molecule has 2 amide bonds. The fourth-order valence-electron chi connectivity index (χ4n) is 3.15. The maximum atomic E-state index is 12.8. The Kier molecular flexibility index (Phi) is 6.71. The first-order chi connectivity index (χ1) is 13.6. The molecule has 0 unspecified atom stereocenters. The zero-order valence-corrected chi connectivity index (χ0v) is 16.6. The zero-order chi connectivity index (χ0) is 19.9. The van der Waals surface area contributed by atoms with Gasteiger partial charge in [0.05, 0.1) is 17.1 Å². The summed E-state index contributed by atoms with van der Waals surface area (Å²) in [6, 6.07) is 16.6. The summed E-state index contributed by atoms with van der Waals surface area (Å²) < 4.78 is 2.00. The number of primary amides is 1. The number of imidazole rings is 1. The van der Waals surface area contributed by atoms with Crippen molar-refractivity contribution in [1.29, 1.82) is 0 Å². The number of nitrogens with one attached hydrogen (secondary N) is 1. The average molecular weight is 397 g/mol. The standard InChI is InChI=1S/C21H24N4O2S/c1-28-14-12-17(24-21(27)15-7-3-2-4-8-15)20-23-16-9-5-6-10-18(16)25(20)13-11-19(22)26/h2-10,17H,11-14H2,1H3,(H2,22,26)(H,24,27)/t17-/m1/s1. The molecule has 3 N–H and O–H groups in total. The van der Waals surface area contributed by atoms with Gasteiger partial charge in [0, 0.05) is 18.5 Å². The minimum atomic E-state index is -0.363. The lowest BCUT2D eigenvalue weighted by molar-refractivity contribution is -0.118. The number of fused-ring (bicyclic) bond motifs is 1. The van der Waals surface area contributed by atoms with Gasteiger partial charge in [0.15, 0.2) is 0 Å². The largest absolute Gasteiger partial charge is 0.370 e. The van der Waals surface area contributed by atoms with E-state index in [1.807, 2.05) is 53.3 Å². The maximum absolute atomic E-state index is 12.8. The van der Waals surface area contributed by atoms with E-state index < -0.39 is 0 Å². The van der Waals surface area contributed by atoms with E-state index in [0.717, 1.165) is 29.0 Å². The molecule has 0 radical (unpaired) electrons. The van der Waals surface area contributed by atoms with Crippen molar-refractivity contribution in [3.63, 3.8) is 0 Å². The summed E-state index contributed by atoms with van der Waals surface area (Å²) >= 11 is 1.72. The number of thioether (sulfide) groups is 1. The molecule has 6 nitrogen and oxygen atoms in total. The van der Waals surface area contributed by atoms with Gasteiger partial charge in [-0.3, -0.25) is 9.59 Å². The molecule has 0 aliphatic carbocycles. The van der Waals surface area contributed by atoms with Gasteiger partial charge >= 0.3 is 0 Å². The Balaban J connectivity index is 1.96. The smallest absolute Gasteiger partial charge is 0.251 e. The Hall–Kier alpha value is -2.80. The molecule has 1 aromatic heterocycles. The van der Waals surface area contributed by atoms with Gasteiger partial charge in [-0.15, -0.1) is 0 Å². The van der Waals surface area contributed by atoms with E-state index in [0.29, 0.717) is 12.1 Å². The van der Waals surface area contributed by atoms with Crippen molar-refractivity contribution in [2.24, 2.45) is 5.73 Å². The van der Waals surface area contributed by atoms with Crippen LogP contribution in [0.3, 0.4) is 0 Å². The Morgan fingerprint density at radius 2 is 1.86 bits per heavy atom. The topological polar surface area (TPSA) is 90.0 Å². The molecule has 0 aliphatic rings. The van der Waals surface area contributed by atoms with Gasteiger partial charge in [-0.1, -0.05) is 30.3 Å². The van der Waals surface area contributed by atoms with E-state index in [2.05, 4.69) is 5.32 Å². The molecule has 0 aliphatic heterocycles. The third-order valence-electron chi connectivity index (χ3n) is 4.53. The lowest BCUT2D eigenvalue weighted by Crippen LogP contribution is -2.31. The molecular formula is C21H24N4O2S. The van der Waals surface area contributed by atoms with Gasteiger partial charge in [-0.25, -0.2) is 4.98 Å². The zero-order valence-electron chi connectivity index (χ0n) is 15.8. The predicted octanol–water partition coefficient (Wildman–Crippen LogP) is 3.14. The molecule has 7 heteroatoms. The maximum Gasteiger partial charge on any atom is 0.251 e. The van der Waals surface area contributed by atoms with Crippen LogP contribution >= 0.6 is 11.8 Å². The van der Waals surface area contributed by atoms with Crippen LogP contribution in [0, 0.1) is 0 Å². The lowest BCUT2D eigenvalue weighted by atomic mass is 10.1. The highest BCUT2D eigenvalue weighted by Gasteiger charge is 2.22. The molecule has 0 saturated heterocycles. The van der Waals surface area contributed by atoms with E-state index in [9.17, 15) is 9.59 Å². The molecular weight excluding hydrogens is 372 g/mol. The number of hydrogen-bond donors (Lipinski definition) is 2. The monoisotopic (exact) mass is 396 g/mol. The molecule has 0 bridgehead atoms. The molecule has 3 rings (SSSR count). The van der Waals surface area contributed by atoms with Crippen LogP contribution in [0.25, 0.3) is 11.0 Å². The highest BCUT2D eigenvalue weighted by molar-refractivity contribution is 7.98.